The Labute approximate surface area is 269 Å². The molecule has 3 nitrogen and oxygen atoms in total. The molecule has 0 saturated heterocycles. The summed E-state index contributed by atoms with van der Waals surface area (Å²) in [4.78, 5) is 0. The molecule has 0 atom stereocenters. The Morgan fingerprint density at radius 2 is 1.11 bits per heavy atom. The molecule has 8 aromatic carbocycles. The smallest absolute Gasteiger partial charge is 0.159 e. The van der Waals surface area contributed by atoms with Crippen LogP contribution in [0.2, 0.25) is 0 Å². The van der Waals surface area contributed by atoms with Crippen LogP contribution in [-0.2, 0) is 0 Å². The molecule has 0 spiro atoms. The Balaban J connectivity index is 1.22. The first kappa shape index (κ1) is 24.9. The average Bonchev–Trinajstić information content (AvgIpc) is 3.79. The van der Waals surface area contributed by atoms with Crippen LogP contribution in [0.5, 0.6) is 0 Å². The lowest BCUT2D eigenvalue weighted by Gasteiger charge is -2.11. The predicted molar refractivity (Wildman–Crippen MR) is 197 cm³/mol. The van der Waals surface area contributed by atoms with Gasteiger partial charge in [0, 0.05) is 38.0 Å². The molecule has 0 N–H and O–H groups in total. The van der Waals surface area contributed by atoms with Gasteiger partial charge in [0.1, 0.15) is 5.58 Å². The lowest BCUT2D eigenvalue weighted by Crippen LogP contribution is -1.94. The highest BCUT2D eigenvalue weighted by Gasteiger charge is 2.21. The zero-order chi connectivity index (χ0) is 30.6. The number of nitrogens with zero attached hydrogens (tertiary/aromatic N) is 2. The number of hydrogen-bond acceptors (Lipinski definition) is 1. The van der Waals surface area contributed by atoms with Crippen LogP contribution in [-0.4, -0.2) is 9.13 Å². The zero-order valence-electron chi connectivity index (χ0n) is 25.3. The van der Waals surface area contributed by atoms with Gasteiger partial charge in [-0.25, -0.2) is 0 Å². The van der Waals surface area contributed by atoms with Crippen molar-refractivity contribution in [3.8, 4) is 22.5 Å². The van der Waals surface area contributed by atoms with Crippen LogP contribution in [0.1, 0.15) is 0 Å². The number of hydrogen-bond donors (Lipinski definition) is 0. The highest BCUT2D eigenvalue weighted by atomic mass is 16.3. The van der Waals surface area contributed by atoms with Gasteiger partial charge in [0.2, 0.25) is 0 Å². The third-order valence-corrected chi connectivity index (χ3v) is 10.0. The van der Waals surface area contributed by atoms with Crippen LogP contribution >= 0.6 is 0 Å². The largest absolute Gasteiger partial charge is 0.454 e. The number of benzene rings is 8. The van der Waals surface area contributed by atoms with Crippen molar-refractivity contribution < 1.29 is 4.42 Å². The quantitative estimate of drug-likeness (QED) is 0.186. The van der Waals surface area contributed by atoms with Crippen LogP contribution in [0.15, 0.2) is 162 Å². The van der Waals surface area contributed by atoms with Crippen molar-refractivity contribution in [1.29, 1.82) is 0 Å². The Bertz CT molecular complexity index is 3010. The maximum Gasteiger partial charge on any atom is 0.159 e. The van der Waals surface area contributed by atoms with E-state index in [0.717, 1.165) is 27.6 Å². The standard InChI is InChI=1S/C44H26N2O/c1-2-11-31(12-3-1)45-36-16-6-4-13-32(36)35-25-28(22-23-37(35)45)30-24-29-21-20-27-10-8-17-38-42(27)43(29)40(26-30)46(38)39-18-9-15-34-33-14-5-7-19-41(33)47-44(34)39/h1-26H. The maximum absolute atomic E-state index is 6.59. The molecule has 3 heteroatoms. The van der Waals surface area contributed by atoms with Crippen LogP contribution in [0.25, 0.3) is 98.8 Å². The molecule has 0 aliphatic rings. The summed E-state index contributed by atoms with van der Waals surface area (Å²) in [6, 6.07) is 57.0. The van der Waals surface area contributed by atoms with E-state index in [1.54, 1.807) is 0 Å². The minimum atomic E-state index is 0.909. The summed E-state index contributed by atoms with van der Waals surface area (Å²) in [6.45, 7) is 0. The van der Waals surface area contributed by atoms with Crippen molar-refractivity contribution in [2.45, 2.75) is 0 Å². The fourth-order valence-electron chi connectivity index (χ4n) is 8.04. The number of fused-ring (bicyclic) bond motifs is 6. The van der Waals surface area contributed by atoms with Crippen molar-refractivity contribution in [2.24, 2.45) is 0 Å². The minimum Gasteiger partial charge on any atom is -0.454 e. The molecule has 11 aromatic rings. The van der Waals surface area contributed by atoms with Crippen LogP contribution in [0.4, 0.5) is 0 Å². The fraction of sp³-hybridized carbons (Fsp3) is 0. The number of furan rings is 1. The monoisotopic (exact) mass is 598 g/mol. The van der Waals surface area contributed by atoms with Gasteiger partial charge in [0.05, 0.1) is 27.8 Å². The summed E-state index contributed by atoms with van der Waals surface area (Å²) >= 11 is 0. The van der Waals surface area contributed by atoms with Crippen LogP contribution in [0.3, 0.4) is 0 Å². The second kappa shape index (κ2) is 9.12. The molecule has 3 heterocycles. The number of aromatic nitrogens is 2. The summed E-state index contributed by atoms with van der Waals surface area (Å²) in [5, 5.41) is 9.85. The van der Waals surface area contributed by atoms with Crippen molar-refractivity contribution in [1.82, 2.24) is 9.13 Å². The van der Waals surface area contributed by atoms with E-state index in [4.69, 9.17) is 4.42 Å². The topological polar surface area (TPSA) is 23.0 Å². The van der Waals surface area contributed by atoms with Gasteiger partial charge < -0.3 is 13.6 Å². The third kappa shape index (κ3) is 3.35. The van der Waals surface area contributed by atoms with Gasteiger partial charge >= 0.3 is 0 Å². The minimum absolute atomic E-state index is 0.909. The Hall–Kier alpha value is -6.32. The Kier molecular flexibility index (Phi) is 4.84. The van der Waals surface area contributed by atoms with Gasteiger partial charge in [-0.3, -0.25) is 0 Å². The first-order valence-electron chi connectivity index (χ1n) is 16.1. The van der Waals surface area contributed by atoms with Gasteiger partial charge in [-0.15, -0.1) is 0 Å². The van der Waals surface area contributed by atoms with E-state index >= 15 is 0 Å². The van der Waals surface area contributed by atoms with Gasteiger partial charge in [0.15, 0.2) is 5.58 Å². The van der Waals surface area contributed by atoms with E-state index in [2.05, 4.69) is 161 Å². The van der Waals surface area contributed by atoms with Crippen molar-refractivity contribution in [3.63, 3.8) is 0 Å². The van der Waals surface area contributed by atoms with Crippen molar-refractivity contribution in [2.75, 3.05) is 0 Å². The molecule has 0 radical (unpaired) electrons. The molecule has 218 valence electrons. The van der Waals surface area contributed by atoms with Crippen molar-refractivity contribution >= 4 is 76.3 Å². The lowest BCUT2D eigenvalue weighted by atomic mass is 9.96. The summed E-state index contributed by atoms with van der Waals surface area (Å²) in [7, 11) is 0. The number of rotatable bonds is 3. The molecule has 0 amide bonds. The van der Waals surface area contributed by atoms with Gasteiger partial charge in [-0.05, 0) is 82.6 Å². The summed E-state index contributed by atoms with van der Waals surface area (Å²) in [6.07, 6.45) is 0. The molecular formula is C44H26N2O. The average molecular weight is 599 g/mol. The molecule has 0 fully saturated rings. The van der Waals surface area contributed by atoms with E-state index in [9.17, 15) is 0 Å². The maximum atomic E-state index is 6.59. The second-order valence-electron chi connectivity index (χ2n) is 12.5. The van der Waals surface area contributed by atoms with Gasteiger partial charge in [0.25, 0.3) is 0 Å². The van der Waals surface area contributed by atoms with Crippen LogP contribution < -0.4 is 0 Å². The molecule has 47 heavy (non-hydrogen) atoms. The molecule has 0 bridgehead atoms. The molecule has 3 aromatic heterocycles. The SMILES string of the molecule is c1ccc(-n2c3ccccc3c3cc(-c4cc5ccc6cccc7c6c5c(c4)n7-c4cccc5c4oc4ccccc45)ccc32)cc1. The second-order valence-corrected chi connectivity index (χ2v) is 12.5. The Morgan fingerprint density at radius 1 is 0.383 bits per heavy atom. The molecular weight excluding hydrogens is 572 g/mol. The van der Waals surface area contributed by atoms with Gasteiger partial charge in [-0.2, -0.15) is 0 Å². The first-order valence-corrected chi connectivity index (χ1v) is 16.1. The van der Waals surface area contributed by atoms with E-state index in [1.807, 2.05) is 6.07 Å². The fourth-order valence-corrected chi connectivity index (χ4v) is 8.04. The van der Waals surface area contributed by atoms with Crippen molar-refractivity contribution in [3.05, 3.63) is 158 Å². The van der Waals surface area contributed by atoms with E-state index in [1.165, 1.54) is 71.2 Å². The molecule has 0 unspecified atom stereocenters. The normalized spacial score (nSPS) is 12.3. The molecule has 0 aliphatic heterocycles. The van der Waals surface area contributed by atoms with E-state index in [-0.39, 0.29) is 0 Å². The molecule has 0 aliphatic carbocycles. The highest BCUT2D eigenvalue weighted by Crippen LogP contribution is 2.44. The molecule has 11 rings (SSSR count). The summed E-state index contributed by atoms with van der Waals surface area (Å²) in [5.74, 6) is 0. The van der Waals surface area contributed by atoms with E-state index < -0.39 is 0 Å². The lowest BCUT2D eigenvalue weighted by molar-refractivity contribution is 0.666. The zero-order valence-corrected chi connectivity index (χ0v) is 25.3. The van der Waals surface area contributed by atoms with Crippen LogP contribution in [0, 0.1) is 0 Å². The summed E-state index contributed by atoms with van der Waals surface area (Å²) < 4.78 is 11.4. The third-order valence-electron chi connectivity index (χ3n) is 10.0. The van der Waals surface area contributed by atoms with E-state index in [0.29, 0.717) is 0 Å². The Morgan fingerprint density at radius 3 is 2.04 bits per heavy atom. The first-order chi connectivity index (χ1) is 23.3. The summed E-state index contributed by atoms with van der Waals surface area (Å²) in [5.41, 5.74) is 11.2. The molecule has 0 saturated carbocycles. The highest BCUT2D eigenvalue weighted by molar-refractivity contribution is 6.25. The predicted octanol–water partition coefficient (Wildman–Crippen LogP) is 12.0. The number of para-hydroxylation sites is 4. The van der Waals surface area contributed by atoms with Gasteiger partial charge in [-0.1, -0.05) is 97.1 Å².